The highest BCUT2D eigenvalue weighted by Gasteiger charge is 2.16. The highest BCUT2D eigenvalue weighted by Crippen LogP contribution is 2.34. The molecule has 17 heavy (non-hydrogen) atoms. The van der Waals surface area contributed by atoms with E-state index in [0.717, 1.165) is 6.08 Å². The Hall–Kier alpha value is -1.06. The zero-order valence-corrected chi connectivity index (χ0v) is 10.8. The normalized spacial score (nSPS) is 11.5. The van der Waals surface area contributed by atoms with Gasteiger partial charge in [0.2, 0.25) is 6.08 Å². The molecule has 7 heteroatoms. The van der Waals surface area contributed by atoms with Crippen LogP contribution in [-0.2, 0) is 9.59 Å². The van der Waals surface area contributed by atoms with Crippen LogP contribution < -0.4 is 4.74 Å². The van der Waals surface area contributed by atoms with Gasteiger partial charge in [-0.3, -0.25) is 4.79 Å². The van der Waals surface area contributed by atoms with E-state index in [2.05, 4.69) is 4.99 Å². The van der Waals surface area contributed by atoms with Crippen LogP contribution in [-0.4, -0.2) is 18.1 Å². The maximum Gasteiger partial charge on any atom is 0.297 e. The molecule has 1 atom stereocenters. The molecule has 1 rings (SSSR count). The molecule has 0 heterocycles. The maximum absolute atomic E-state index is 11.2. The van der Waals surface area contributed by atoms with E-state index in [4.69, 9.17) is 39.5 Å². The highest BCUT2D eigenvalue weighted by atomic mass is 35.5. The molecule has 0 N–H and O–H groups in total. The van der Waals surface area contributed by atoms with Crippen molar-refractivity contribution in [2.45, 2.75) is 13.0 Å². The molecule has 0 bridgehead atoms. The molecule has 0 aliphatic rings. The van der Waals surface area contributed by atoms with Crippen molar-refractivity contribution in [1.82, 2.24) is 0 Å². The largest absolute Gasteiger partial charge is 0.479 e. The number of hydrogen-bond acceptors (Lipinski definition) is 3. The lowest BCUT2D eigenvalue weighted by Gasteiger charge is -2.12. The lowest BCUT2D eigenvalue weighted by atomic mass is 10.3. The minimum atomic E-state index is -0.966. The second-order valence-corrected chi connectivity index (χ2v) is 4.22. The van der Waals surface area contributed by atoms with Gasteiger partial charge in [0.05, 0.1) is 15.1 Å². The Kier molecular flexibility index (Phi) is 4.97. The average Bonchev–Trinajstić information content (AvgIpc) is 2.26. The van der Waals surface area contributed by atoms with Crippen molar-refractivity contribution in [2.24, 2.45) is 4.99 Å². The van der Waals surface area contributed by atoms with E-state index in [1.54, 1.807) is 0 Å². The van der Waals surface area contributed by atoms with Gasteiger partial charge in [-0.2, -0.15) is 0 Å². The van der Waals surface area contributed by atoms with Crippen molar-refractivity contribution in [3.05, 3.63) is 27.2 Å². The Labute approximate surface area is 112 Å². The van der Waals surface area contributed by atoms with Crippen LogP contribution >= 0.6 is 34.8 Å². The minimum absolute atomic E-state index is 0.183. The lowest BCUT2D eigenvalue weighted by Crippen LogP contribution is -2.21. The van der Waals surface area contributed by atoms with Crippen LogP contribution in [0, 0.1) is 0 Å². The first-order valence-electron chi connectivity index (χ1n) is 4.38. The number of amides is 1. The molecular weight excluding hydrogens is 288 g/mol. The molecule has 0 fully saturated rings. The van der Waals surface area contributed by atoms with Crippen molar-refractivity contribution < 1.29 is 14.3 Å². The number of rotatable bonds is 3. The van der Waals surface area contributed by atoms with E-state index in [-0.39, 0.29) is 20.8 Å². The third kappa shape index (κ3) is 3.72. The predicted molar refractivity (Wildman–Crippen MR) is 64.7 cm³/mol. The minimum Gasteiger partial charge on any atom is -0.479 e. The number of isocyanates is 1. The van der Waals surface area contributed by atoms with Crippen LogP contribution in [0.2, 0.25) is 15.1 Å². The fraction of sp³-hybridized carbons (Fsp3) is 0.200. The first-order chi connectivity index (χ1) is 7.95. The zero-order chi connectivity index (χ0) is 13.0. The van der Waals surface area contributed by atoms with E-state index < -0.39 is 12.0 Å². The van der Waals surface area contributed by atoms with Crippen LogP contribution in [0.5, 0.6) is 5.75 Å². The van der Waals surface area contributed by atoms with Gasteiger partial charge in [-0.05, 0) is 13.0 Å². The second kappa shape index (κ2) is 6.03. The van der Waals surface area contributed by atoms with Crippen LogP contribution in [0.4, 0.5) is 0 Å². The molecule has 90 valence electrons. The van der Waals surface area contributed by atoms with Crippen molar-refractivity contribution in [1.29, 1.82) is 0 Å². The molecule has 4 nitrogen and oxygen atoms in total. The molecule has 1 unspecified atom stereocenters. The number of halogens is 3. The monoisotopic (exact) mass is 293 g/mol. The standard InChI is InChI=1S/C10H6Cl3NO3/c1-5(10(16)14-4-15)17-9-3-7(12)6(11)2-8(9)13/h2-3,5H,1H3. The number of ether oxygens (including phenoxy) is 1. The summed E-state index contributed by atoms with van der Waals surface area (Å²) in [6.07, 6.45) is 0.168. The van der Waals surface area contributed by atoms with Crippen LogP contribution in [0.25, 0.3) is 0 Å². The van der Waals surface area contributed by atoms with Gasteiger partial charge in [-0.1, -0.05) is 34.8 Å². The SMILES string of the molecule is CC(Oc1cc(Cl)c(Cl)cc1Cl)C(=O)N=C=O. The van der Waals surface area contributed by atoms with Crippen LogP contribution in [0.15, 0.2) is 17.1 Å². The maximum atomic E-state index is 11.2. The van der Waals surface area contributed by atoms with Gasteiger partial charge < -0.3 is 4.74 Å². The third-order valence-electron chi connectivity index (χ3n) is 1.78. The second-order valence-electron chi connectivity index (χ2n) is 3.00. The first-order valence-corrected chi connectivity index (χ1v) is 5.52. The molecule has 0 aromatic heterocycles. The van der Waals surface area contributed by atoms with Crippen molar-refractivity contribution in [3.63, 3.8) is 0 Å². The number of carbonyl (C=O) groups is 1. The fourth-order valence-electron chi connectivity index (χ4n) is 0.971. The van der Waals surface area contributed by atoms with Gasteiger partial charge >= 0.3 is 0 Å². The number of carbonyl (C=O) groups excluding carboxylic acids is 2. The quantitative estimate of drug-likeness (QED) is 0.488. The van der Waals surface area contributed by atoms with Gasteiger partial charge in [0.1, 0.15) is 5.75 Å². The van der Waals surface area contributed by atoms with E-state index in [9.17, 15) is 9.59 Å². The van der Waals surface area contributed by atoms with Crippen molar-refractivity contribution in [2.75, 3.05) is 0 Å². The number of aliphatic imine (C=N–C) groups is 1. The van der Waals surface area contributed by atoms with Gasteiger partial charge in [0.25, 0.3) is 5.91 Å². The topological polar surface area (TPSA) is 55.7 Å². The Morgan fingerprint density at radius 1 is 1.29 bits per heavy atom. The lowest BCUT2D eigenvalue weighted by molar-refractivity contribution is -0.123. The predicted octanol–water partition coefficient (Wildman–Crippen LogP) is 3.28. The van der Waals surface area contributed by atoms with Crippen LogP contribution in [0.1, 0.15) is 6.92 Å². The Morgan fingerprint density at radius 3 is 2.47 bits per heavy atom. The van der Waals surface area contributed by atoms with Gasteiger partial charge in [0, 0.05) is 6.07 Å². The zero-order valence-electron chi connectivity index (χ0n) is 8.54. The molecule has 1 aromatic carbocycles. The molecule has 0 spiro atoms. The van der Waals surface area contributed by atoms with Crippen molar-refractivity contribution >= 4 is 46.8 Å². The fourth-order valence-corrected chi connectivity index (χ4v) is 1.55. The summed E-state index contributed by atoms with van der Waals surface area (Å²) in [7, 11) is 0. The molecule has 0 radical (unpaired) electrons. The molecule has 1 aromatic rings. The Balaban J connectivity index is 2.92. The summed E-state index contributed by atoms with van der Waals surface area (Å²) in [4.78, 5) is 24.0. The Morgan fingerprint density at radius 2 is 1.88 bits per heavy atom. The number of nitrogens with zero attached hydrogens (tertiary/aromatic N) is 1. The first kappa shape index (κ1) is 14.0. The smallest absolute Gasteiger partial charge is 0.297 e. The highest BCUT2D eigenvalue weighted by molar-refractivity contribution is 6.43. The number of benzene rings is 1. The van der Waals surface area contributed by atoms with Crippen LogP contribution in [0.3, 0.4) is 0 Å². The summed E-state index contributed by atoms with van der Waals surface area (Å²) in [5.41, 5.74) is 0. The van der Waals surface area contributed by atoms with E-state index in [1.165, 1.54) is 19.1 Å². The molecular formula is C10H6Cl3NO3. The Bertz CT molecular complexity index is 498. The summed E-state index contributed by atoms with van der Waals surface area (Å²) < 4.78 is 5.20. The molecule has 0 saturated carbocycles. The summed E-state index contributed by atoms with van der Waals surface area (Å²) in [5, 5.41) is 0.715. The van der Waals surface area contributed by atoms with E-state index in [1.807, 2.05) is 0 Å². The van der Waals surface area contributed by atoms with Gasteiger partial charge in [0.15, 0.2) is 6.10 Å². The molecule has 0 aliphatic carbocycles. The number of hydrogen-bond donors (Lipinski definition) is 0. The summed E-state index contributed by atoms with van der Waals surface area (Å²) in [6.45, 7) is 1.42. The van der Waals surface area contributed by atoms with Gasteiger partial charge in [-0.15, -0.1) is 4.99 Å². The van der Waals surface area contributed by atoms with E-state index in [0.29, 0.717) is 0 Å². The third-order valence-corrected chi connectivity index (χ3v) is 2.80. The molecule has 0 aliphatic heterocycles. The molecule has 0 saturated heterocycles. The molecule has 1 amide bonds. The van der Waals surface area contributed by atoms with E-state index >= 15 is 0 Å². The van der Waals surface area contributed by atoms with Gasteiger partial charge in [-0.25, -0.2) is 4.79 Å². The summed E-state index contributed by atoms with van der Waals surface area (Å²) in [5.74, 6) is -0.579. The summed E-state index contributed by atoms with van der Waals surface area (Å²) >= 11 is 17.3. The summed E-state index contributed by atoms with van der Waals surface area (Å²) in [6, 6.07) is 2.77. The van der Waals surface area contributed by atoms with Crippen molar-refractivity contribution in [3.8, 4) is 5.75 Å². The average molecular weight is 295 g/mol.